The molecule has 0 bridgehead atoms. The molecule has 2 aliphatic rings. The van der Waals surface area contributed by atoms with Gasteiger partial charge < -0.3 is 19.7 Å². The summed E-state index contributed by atoms with van der Waals surface area (Å²) in [7, 11) is 0. The lowest BCUT2D eigenvalue weighted by Gasteiger charge is -2.27. The SMILES string of the molecule is O=C1NCCN(c2ccc3c(c2)OCCO3)C1=O. The molecular formula is C12H12N2O4. The molecule has 18 heavy (non-hydrogen) atoms. The average molecular weight is 248 g/mol. The molecule has 1 fully saturated rings. The van der Waals surface area contributed by atoms with Crippen molar-refractivity contribution in [2.75, 3.05) is 31.2 Å². The first-order valence-corrected chi connectivity index (χ1v) is 5.75. The van der Waals surface area contributed by atoms with Gasteiger partial charge in [-0.25, -0.2) is 0 Å². The smallest absolute Gasteiger partial charge is 0.316 e. The Hall–Kier alpha value is -2.24. The standard InChI is InChI=1S/C12H12N2O4/c15-11-12(16)14(4-3-13-11)8-1-2-9-10(7-8)18-6-5-17-9/h1-2,7H,3-6H2,(H,13,15). The van der Waals surface area contributed by atoms with E-state index in [2.05, 4.69) is 5.32 Å². The van der Waals surface area contributed by atoms with E-state index in [1.165, 1.54) is 4.90 Å². The predicted octanol–water partition coefficient (Wildman–Crippen LogP) is -0.0794. The number of carbonyl (C=O) groups excluding carboxylic acids is 2. The maximum atomic E-state index is 11.7. The van der Waals surface area contributed by atoms with Gasteiger partial charge in [0.1, 0.15) is 13.2 Å². The Morgan fingerprint density at radius 1 is 1.11 bits per heavy atom. The van der Waals surface area contributed by atoms with Crippen LogP contribution in [0.2, 0.25) is 0 Å². The summed E-state index contributed by atoms with van der Waals surface area (Å²) >= 11 is 0. The molecule has 0 aromatic heterocycles. The highest BCUT2D eigenvalue weighted by molar-refractivity contribution is 6.41. The van der Waals surface area contributed by atoms with E-state index in [0.717, 1.165) is 0 Å². The zero-order valence-electron chi connectivity index (χ0n) is 9.64. The lowest BCUT2D eigenvalue weighted by atomic mass is 10.2. The van der Waals surface area contributed by atoms with Gasteiger partial charge in [-0.05, 0) is 12.1 Å². The Morgan fingerprint density at radius 3 is 2.72 bits per heavy atom. The number of hydrogen-bond donors (Lipinski definition) is 1. The Morgan fingerprint density at radius 2 is 1.89 bits per heavy atom. The molecule has 0 unspecified atom stereocenters. The van der Waals surface area contributed by atoms with Crippen molar-refractivity contribution >= 4 is 17.5 Å². The number of amides is 2. The van der Waals surface area contributed by atoms with Crippen molar-refractivity contribution in [3.8, 4) is 11.5 Å². The summed E-state index contributed by atoms with van der Waals surface area (Å²) in [6.45, 7) is 1.94. The van der Waals surface area contributed by atoms with Crippen LogP contribution in [0.25, 0.3) is 0 Å². The lowest BCUT2D eigenvalue weighted by Crippen LogP contribution is -2.52. The largest absolute Gasteiger partial charge is 0.486 e. The number of fused-ring (bicyclic) bond motifs is 1. The lowest BCUT2D eigenvalue weighted by molar-refractivity contribution is -0.138. The zero-order chi connectivity index (χ0) is 12.5. The number of anilines is 1. The molecule has 6 nitrogen and oxygen atoms in total. The van der Waals surface area contributed by atoms with Crippen molar-refractivity contribution in [1.82, 2.24) is 5.32 Å². The first kappa shape index (κ1) is 10.9. The van der Waals surface area contributed by atoms with Crippen molar-refractivity contribution in [3.63, 3.8) is 0 Å². The molecule has 2 amide bonds. The van der Waals surface area contributed by atoms with Crippen molar-refractivity contribution in [2.45, 2.75) is 0 Å². The van der Waals surface area contributed by atoms with Gasteiger partial charge in [0, 0.05) is 24.8 Å². The normalized spacial score (nSPS) is 18.6. The molecule has 94 valence electrons. The molecule has 1 N–H and O–H groups in total. The van der Waals surface area contributed by atoms with Crippen LogP contribution in [-0.2, 0) is 9.59 Å². The van der Waals surface area contributed by atoms with Crippen LogP contribution in [0.1, 0.15) is 0 Å². The maximum absolute atomic E-state index is 11.7. The van der Waals surface area contributed by atoms with Gasteiger partial charge in [0.2, 0.25) is 0 Å². The van der Waals surface area contributed by atoms with Gasteiger partial charge >= 0.3 is 11.8 Å². The molecule has 1 saturated heterocycles. The van der Waals surface area contributed by atoms with Crippen LogP contribution in [-0.4, -0.2) is 38.1 Å². The highest BCUT2D eigenvalue weighted by Gasteiger charge is 2.28. The second-order valence-electron chi connectivity index (χ2n) is 4.04. The van der Waals surface area contributed by atoms with Crippen LogP contribution >= 0.6 is 0 Å². The number of hydrogen-bond acceptors (Lipinski definition) is 4. The quantitative estimate of drug-likeness (QED) is 0.706. The van der Waals surface area contributed by atoms with Gasteiger partial charge in [-0.2, -0.15) is 0 Å². The summed E-state index contributed by atoms with van der Waals surface area (Å²) in [5.74, 6) is 0.158. The van der Waals surface area contributed by atoms with Crippen molar-refractivity contribution in [1.29, 1.82) is 0 Å². The molecule has 1 aromatic rings. The molecule has 6 heteroatoms. The van der Waals surface area contributed by atoms with Crippen LogP contribution in [0.5, 0.6) is 11.5 Å². The van der Waals surface area contributed by atoms with Crippen molar-refractivity contribution in [3.05, 3.63) is 18.2 Å². The third-order valence-corrected chi connectivity index (χ3v) is 2.90. The fourth-order valence-corrected chi connectivity index (χ4v) is 2.03. The molecule has 0 aliphatic carbocycles. The summed E-state index contributed by atoms with van der Waals surface area (Å²) in [6.07, 6.45) is 0. The summed E-state index contributed by atoms with van der Waals surface area (Å²) in [5, 5.41) is 2.51. The van der Waals surface area contributed by atoms with Gasteiger partial charge in [-0.1, -0.05) is 0 Å². The summed E-state index contributed by atoms with van der Waals surface area (Å²) < 4.78 is 10.9. The second-order valence-corrected chi connectivity index (χ2v) is 4.04. The summed E-state index contributed by atoms with van der Waals surface area (Å²) in [5.41, 5.74) is 0.652. The highest BCUT2D eigenvalue weighted by atomic mass is 16.6. The number of carbonyl (C=O) groups is 2. The van der Waals surface area contributed by atoms with Crippen LogP contribution < -0.4 is 19.7 Å². The fraction of sp³-hybridized carbons (Fsp3) is 0.333. The number of benzene rings is 1. The van der Waals surface area contributed by atoms with Crippen LogP contribution in [0.15, 0.2) is 18.2 Å². The van der Waals surface area contributed by atoms with E-state index in [1.807, 2.05) is 0 Å². The van der Waals surface area contributed by atoms with Gasteiger partial charge in [-0.3, -0.25) is 9.59 Å². The van der Waals surface area contributed by atoms with E-state index in [9.17, 15) is 9.59 Å². The second kappa shape index (κ2) is 4.21. The number of nitrogens with one attached hydrogen (secondary N) is 1. The molecule has 0 saturated carbocycles. The highest BCUT2D eigenvalue weighted by Crippen LogP contribution is 2.34. The average Bonchev–Trinajstić information content (AvgIpc) is 2.41. The Kier molecular flexibility index (Phi) is 2.55. The van der Waals surface area contributed by atoms with Crippen LogP contribution in [0.3, 0.4) is 0 Å². The molecule has 0 spiro atoms. The van der Waals surface area contributed by atoms with E-state index in [0.29, 0.717) is 43.5 Å². The van der Waals surface area contributed by atoms with Gasteiger partial charge in [0.25, 0.3) is 0 Å². The number of rotatable bonds is 1. The van der Waals surface area contributed by atoms with Gasteiger partial charge in [0.05, 0.1) is 0 Å². The van der Waals surface area contributed by atoms with Crippen LogP contribution in [0.4, 0.5) is 5.69 Å². The fourth-order valence-electron chi connectivity index (χ4n) is 2.03. The first-order valence-electron chi connectivity index (χ1n) is 5.75. The molecule has 2 heterocycles. The van der Waals surface area contributed by atoms with Crippen molar-refractivity contribution < 1.29 is 19.1 Å². The van der Waals surface area contributed by atoms with E-state index < -0.39 is 11.8 Å². The number of ether oxygens (including phenoxy) is 2. The summed E-state index contributed by atoms with van der Waals surface area (Å²) in [4.78, 5) is 24.5. The molecular weight excluding hydrogens is 236 g/mol. The van der Waals surface area contributed by atoms with Gasteiger partial charge in [-0.15, -0.1) is 0 Å². The monoisotopic (exact) mass is 248 g/mol. The first-order chi connectivity index (χ1) is 8.75. The third kappa shape index (κ3) is 1.75. The third-order valence-electron chi connectivity index (χ3n) is 2.90. The number of piperazine rings is 1. The van der Waals surface area contributed by atoms with E-state index in [1.54, 1.807) is 18.2 Å². The molecule has 0 radical (unpaired) electrons. The molecule has 3 rings (SSSR count). The van der Waals surface area contributed by atoms with E-state index in [4.69, 9.17) is 9.47 Å². The zero-order valence-corrected chi connectivity index (χ0v) is 9.64. The predicted molar refractivity (Wildman–Crippen MR) is 62.8 cm³/mol. The molecule has 0 atom stereocenters. The minimum atomic E-state index is -0.573. The van der Waals surface area contributed by atoms with Gasteiger partial charge in [0.15, 0.2) is 11.5 Å². The van der Waals surface area contributed by atoms with Crippen molar-refractivity contribution in [2.24, 2.45) is 0 Å². The Labute approximate surface area is 103 Å². The molecule has 2 aliphatic heterocycles. The van der Waals surface area contributed by atoms with E-state index in [-0.39, 0.29) is 0 Å². The summed E-state index contributed by atoms with van der Waals surface area (Å²) in [6, 6.07) is 5.23. The van der Waals surface area contributed by atoms with E-state index >= 15 is 0 Å². The number of nitrogens with zero attached hydrogens (tertiary/aromatic N) is 1. The molecule has 1 aromatic carbocycles. The topological polar surface area (TPSA) is 67.9 Å². The minimum Gasteiger partial charge on any atom is -0.486 e. The minimum absolute atomic E-state index is 0.457. The maximum Gasteiger partial charge on any atom is 0.316 e. The van der Waals surface area contributed by atoms with Crippen LogP contribution in [0, 0.1) is 0 Å². The Balaban J connectivity index is 1.92. The Bertz CT molecular complexity index is 515.